The Morgan fingerprint density at radius 2 is 1.61 bits per heavy atom. The highest BCUT2D eigenvalue weighted by atomic mass is 19.4. The van der Waals surface area contributed by atoms with Crippen LogP contribution in [0.15, 0.2) is 79.4 Å². The molecule has 3 aliphatic heterocycles. The van der Waals surface area contributed by atoms with Gasteiger partial charge in [0.25, 0.3) is 0 Å². The van der Waals surface area contributed by atoms with Crippen LogP contribution in [0.5, 0.6) is 11.5 Å². The van der Waals surface area contributed by atoms with Gasteiger partial charge in [-0.25, -0.2) is 9.97 Å². The van der Waals surface area contributed by atoms with Crippen molar-refractivity contribution in [1.82, 2.24) is 30.5 Å². The minimum atomic E-state index is -4.76. The molecule has 0 saturated carbocycles. The standard InChI is InChI=1S/C41H45F3N8O5/c42-41(43,44)57-34-7-3-31(4-8-34)49-37-22-36(47-26-48-37)28-1-5-33(6-2-28)56-20-15-46-39(54)29-13-16-51(17-14-29)25-27-11-18-52(19-12-27)32-21-30(23-45-24-32)35-9-10-38(53)50-40(35)55/h1-8,21-24,26-27,29,35H,9-20,25H2,(H,46,54)(H,47,48,49)(H,50,53,55). The highest BCUT2D eigenvalue weighted by molar-refractivity contribution is 6.01. The first kappa shape index (κ1) is 39.5. The van der Waals surface area contributed by atoms with Gasteiger partial charge in [-0.05, 0) is 111 Å². The third-order valence-electron chi connectivity index (χ3n) is 10.7. The van der Waals surface area contributed by atoms with Crippen LogP contribution >= 0.6 is 0 Å². The minimum Gasteiger partial charge on any atom is -0.492 e. The number of benzene rings is 2. The molecular formula is C41H45F3N8O5. The lowest BCUT2D eigenvalue weighted by atomic mass is 9.90. The number of likely N-dealkylation sites (tertiary alicyclic amines) is 1. The second-order valence-electron chi connectivity index (χ2n) is 14.6. The van der Waals surface area contributed by atoms with Gasteiger partial charge in [-0.1, -0.05) is 0 Å². The molecule has 3 amide bonds. The smallest absolute Gasteiger partial charge is 0.492 e. The number of hydrogen-bond acceptors (Lipinski definition) is 11. The summed E-state index contributed by atoms with van der Waals surface area (Å²) in [5.41, 5.74) is 3.87. The number of pyridine rings is 1. The first-order chi connectivity index (χ1) is 27.5. The Kier molecular flexibility index (Phi) is 12.5. The van der Waals surface area contributed by atoms with E-state index in [9.17, 15) is 27.6 Å². The Morgan fingerprint density at radius 3 is 2.33 bits per heavy atom. The Bertz CT molecular complexity index is 2000. The molecule has 300 valence electrons. The number of alkyl halides is 3. The van der Waals surface area contributed by atoms with Crippen molar-refractivity contribution in [2.45, 2.75) is 50.8 Å². The summed E-state index contributed by atoms with van der Waals surface area (Å²) in [7, 11) is 0. The molecule has 1 atom stereocenters. The molecule has 3 saturated heterocycles. The Hall–Kier alpha value is -5.77. The average molecular weight is 787 g/mol. The van der Waals surface area contributed by atoms with E-state index >= 15 is 0 Å². The molecule has 57 heavy (non-hydrogen) atoms. The number of carbonyl (C=O) groups excluding carboxylic acids is 3. The van der Waals surface area contributed by atoms with Gasteiger partial charge in [0.2, 0.25) is 17.7 Å². The molecule has 2 aromatic carbocycles. The summed E-state index contributed by atoms with van der Waals surface area (Å²) in [6, 6.07) is 16.5. The van der Waals surface area contributed by atoms with E-state index in [1.807, 2.05) is 36.5 Å². The van der Waals surface area contributed by atoms with Gasteiger partial charge >= 0.3 is 6.36 Å². The molecule has 5 heterocycles. The Morgan fingerprint density at radius 1 is 0.877 bits per heavy atom. The van der Waals surface area contributed by atoms with Crippen molar-refractivity contribution in [3.8, 4) is 22.8 Å². The third-order valence-corrected chi connectivity index (χ3v) is 10.7. The zero-order valence-electron chi connectivity index (χ0n) is 31.3. The number of ether oxygens (including phenoxy) is 2. The summed E-state index contributed by atoms with van der Waals surface area (Å²) in [6.07, 6.45) is 4.88. The van der Waals surface area contributed by atoms with Crippen LogP contribution in [0.3, 0.4) is 0 Å². The summed E-state index contributed by atoms with van der Waals surface area (Å²) in [4.78, 5) is 54.6. The van der Waals surface area contributed by atoms with Crippen molar-refractivity contribution in [1.29, 1.82) is 0 Å². The number of amides is 3. The van der Waals surface area contributed by atoms with Crippen LogP contribution in [0.2, 0.25) is 0 Å². The first-order valence-electron chi connectivity index (χ1n) is 19.3. The minimum absolute atomic E-state index is 0.0125. The van der Waals surface area contributed by atoms with Crippen molar-refractivity contribution in [2.24, 2.45) is 11.8 Å². The van der Waals surface area contributed by atoms with Crippen LogP contribution in [0.25, 0.3) is 11.3 Å². The fraction of sp³-hybridized carbons (Fsp3) is 0.415. The number of halogens is 3. The van der Waals surface area contributed by atoms with Crippen LogP contribution < -0.4 is 30.3 Å². The molecule has 4 aromatic rings. The molecule has 0 bridgehead atoms. The van der Waals surface area contributed by atoms with Crippen molar-refractivity contribution in [3.63, 3.8) is 0 Å². The van der Waals surface area contributed by atoms with E-state index in [1.54, 1.807) is 12.3 Å². The molecule has 3 N–H and O–H groups in total. The lowest BCUT2D eigenvalue weighted by molar-refractivity contribution is -0.274. The quantitative estimate of drug-likeness (QED) is 0.111. The van der Waals surface area contributed by atoms with E-state index in [0.717, 1.165) is 75.2 Å². The summed E-state index contributed by atoms with van der Waals surface area (Å²) in [5, 5.41) is 8.52. The summed E-state index contributed by atoms with van der Waals surface area (Å²) in [6.45, 7) is 5.40. The van der Waals surface area contributed by atoms with Gasteiger partial charge in [-0.15, -0.1) is 13.2 Å². The van der Waals surface area contributed by atoms with Crippen LogP contribution in [0.4, 0.5) is 30.4 Å². The Balaban J connectivity index is 0.781. The second-order valence-corrected chi connectivity index (χ2v) is 14.6. The Labute approximate surface area is 328 Å². The van der Waals surface area contributed by atoms with Gasteiger partial charge in [0.1, 0.15) is 30.3 Å². The monoisotopic (exact) mass is 786 g/mol. The molecule has 0 radical (unpaired) electrons. The SMILES string of the molecule is O=C1CCC(c2cncc(N3CCC(CN4CCC(C(=O)NCCOc5ccc(-c6cc(Nc7ccc(OC(F)(F)F)cc7)ncn6)cc5)CC4)CC3)c2)C(=O)N1. The highest BCUT2D eigenvalue weighted by Gasteiger charge is 2.32. The molecule has 7 rings (SSSR count). The van der Waals surface area contributed by atoms with Gasteiger partial charge in [0, 0.05) is 55.5 Å². The van der Waals surface area contributed by atoms with Crippen LogP contribution in [0.1, 0.15) is 50.0 Å². The number of carbonyl (C=O) groups is 3. The normalized spacial score (nSPS) is 18.5. The van der Waals surface area contributed by atoms with Crippen molar-refractivity contribution >= 4 is 34.9 Å². The van der Waals surface area contributed by atoms with Gasteiger partial charge in [-0.3, -0.25) is 24.7 Å². The van der Waals surface area contributed by atoms with Crippen LogP contribution in [0, 0.1) is 11.8 Å². The fourth-order valence-electron chi connectivity index (χ4n) is 7.62. The number of nitrogens with one attached hydrogen (secondary N) is 3. The maximum atomic E-state index is 12.9. The highest BCUT2D eigenvalue weighted by Crippen LogP contribution is 2.31. The summed E-state index contributed by atoms with van der Waals surface area (Å²) >= 11 is 0. The number of piperidine rings is 3. The zero-order chi connectivity index (χ0) is 39.8. The zero-order valence-corrected chi connectivity index (χ0v) is 31.3. The topological polar surface area (TPSA) is 151 Å². The molecule has 13 nitrogen and oxygen atoms in total. The van der Waals surface area contributed by atoms with E-state index in [-0.39, 0.29) is 35.3 Å². The van der Waals surface area contributed by atoms with Gasteiger partial charge in [0.05, 0.1) is 30.0 Å². The van der Waals surface area contributed by atoms with Crippen LogP contribution in [-0.2, 0) is 14.4 Å². The maximum absolute atomic E-state index is 12.9. The predicted octanol–water partition coefficient (Wildman–Crippen LogP) is 5.82. The van der Waals surface area contributed by atoms with Gasteiger partial charge in [-0.2, -0.15) is 0 Å². The van der Waals surface area contributed by atoms with E-state index in [0.29, 0.717) is 54.9 Å². The predicted molar refractivity (Wildman–Crippen MR) is 206 cm³/mol. The summed E-state index contributed by atoms with van der Waals surface area (Å²) < 4.78 is 47.1. The van der Waals surface area contributed by atoms with E-state index in [1.165, 1.54) is 30.6 Å². The van der Waals surface area contributed by atoms with Crippen molar-refractivity contribution < 1.29 is 37.0 Å². The second kappa shape index (κ2) is 18.0. The number of hydrogen-bond donors (Lipinski definition) is 3. The maximum Gasteiger partial charge on any atom is 0.573 e. The average Bonchev–Trinajstić information content (AvgIpc) is 3.21. The molecule has 1 unspecified atom stereocenters. The number of anilines is 3. The van der Waals surface area contributed by atoms with Gasteiger partial charge < -0.3 is 29.9 Å². The fourth-order valence-corrected chi connectivity index (χ4v) is 7.62. The number of rotatable bonds is 13. The molecule has 0 spiro atoms. The van der Waals surface area contributed by atoms with E-state index in [2.05, 4.69) is 45.4 Å². The van der Waals surface area contributed by atoms with Crippen LogP contribution in [-0.4, -0.2) is 89.8 Å². The molecule has 2 aromatic heterocycles. The van der Waals surface area contributed by atoms with Gasteiger partial charge in [0.15, 0.2) is 0 Å². The largest absolute Gasteiger partial charge is 0.573 e. The molecule has 0 aliphatic carbocycles. The number of nitrogens with zero attached hydrogens (tertiary/aromatic N) is 5. The lowest BCUT2D eigenvalue weighted by Gasteiger charge is -2.38. The first-order valence-corrected chi connectivity index (χ1v) is 19.3. The number of aromatic nitrogens is 3. The van der Waals surface area contributed by atoms with E-state index in [4.69, 9.17) is 4.74 Å². The summed E-state index contributed by atoms with van der Waals surface area (Å²) in [5.74, 6) is 0.642. The number of imide groups is 1. The van der Waals surface area contributed by atoms with E-state index < -0.39 is 6.36 Å². The van der Waals surface area contributed by atoms with Crippen molar-refractivity contribution in [2.75, 3.05) is 56.1 Å². The molecule has 16 heteroatoms. The molecule has 3 aliphatic rings. The molecule has 3 fully saturated rings. The third kappa shape index (κ3) is 11.0. The lowest BCUT2D eigenvalue weighted by Crippen LogP contribution is -2.44. The molecular weight excluding hydrogens is 741 g/mol. The van der Waals surface area contributed by atoms with Crippen molar-refractivity contribution in [3.05, 3.63) is 84.9 Å².